The summed E-state index contributed by atoms with van der Waals surface area (Å²) in [5.74, 6) is 1.11. The number of halogens is 1. The number of hydrogen-bond acceptors (Lipinski definition) is 7. The summed E-state index contributed by atoms with van der Waals surface area (Å²) in [5, 5.41) is 2.82. The van der Waals surface area contributed by atoms with Crippen LogP contribution < -0.4 is 14.4 Å². The molecule has 1 saturated heterocycles. The van der Waals surface area contributed by atoms with Crippen molar-refractivity contribution in [2.24, 2.45) is 0 Å². The van der Waals surface area contributed by atoms with Gasteiger partial charge in [0.1, 0.15) is 16.4 Å². The zero-order valence-corrected chi connectivity index (χ0v) is 19.6. The molecule has 6 nitrogen and oxygen atoms in total. The van der Waals surface area contributed by atoms with Crippen molar-refractivity contribution in [1.29, 1.82) is 0 Å². The highest BCUT2D eigenvalue weighted by Gasteiger charge is 2.34. The molecule has 0 N–H and O–H groups in total. The lowest BCUT2D eigenvalue weighted by Gasteiger charge is -2.31. The van der Waals surface area contributed by atoms with E-state index >= 15 is 0 Å². The van der Waals surface area contributed by atoms with Crippen LogP contribution in [0.3, 0.4) is 0 Å². The third-order valence-corrected chi connectivity index (χ3v) is 8.86. The highest BCUT2D eigenvalue weighted by molar-refractivity contribution is 7.92. The van der Waals surface area contributed by atoms with Crippen LogP contribution in [0.4, 0.5) is 5.13 Å². The smallest absolute Gasteiger partial charge is 0.185 e. The molecule has 31 heavy (non-hydrogen) atoms. The predicted octanol–water partition coefficient (Wildman–Crippen LogP) is 4.92. The Morgan fingerprint density at radius 3 is 2.58 bits per heavy atom. The first-order valence-electron chi connectivity index (χ1n) is 9.84. The van der Waals surface area contributed by atoms with Crippen LogP contribution >= 0.6 is 22.9 Å². The number of anilines is 1. The van der Waals surface area contributed by atoms with E-state index in [-0.39, 0.29) is 4.90 Å². The van der Waals surface area contributed by atoms with Crippen molar-refractivity contribution in [3.05, 3.63) is 52.9 Å². The van der Waals surface area contributed by atoms with Gasteiger partial charge in [0.15, 0.2) is 15.0 Å². The van der Waals surface area contributed by atoms with Gasteiger partial charge in [-0.15, -0.1) is 11.3 Å². The zero-order valence-electron chi connectivity index (χ0n) is 17.2. The number of methoxy groups -OCH3 is 2. The van der Waals surface area contributed by atoms with Gasteiger partial charge < -0.3 is 14.4 Å². The monoisotopic (exact) mass is 478 g/mol. The molecule has 0 radical (unpaired) electrons. The van der Waals surface area contributed by atoms with Gasteiger partial charge in [-0.2, -0.15) is 0 Å². The van der Waals surface area contributed by atoms with Crippen LogP contribution in [-0.2, 0) is 9.84 Å². The maximum Gasteiger partial charge on any atom is 0.185 e. The van der Waals surface area contributed by atoms with Crippen molar-refractivity contribution in [2.75, 3.05) is 32.2 Å². The van der Waals surface area contributed by atoms with Crippen molar-refractivity contribution < 1.29 is 17.9 Å². The van der Waals surface area contributed by atoms with E-state index in [1.807, 2.05) is 29.6 Å². The molecule has 2 aromatic carbocycles. The average Bonchev–Trinajstić information content (AvgIpc) is 3.29. The Morgan fingerprint density at radius 1 is 1.10 bits per heavy atom. The molecule has 2 heterocycles. The minimum atomic E-state index is -3.55. The average molecular weight is 479 g/mol. The van der Waals surface area contributed by atoms with Gasteiger partial charge in [0.25, 0.3) is 0 Å². The van der Waals surface area contributed by atoms with E-state index in [1.54, 1.807) is 30.6 Å². The fourth-order valence-corrected chi connectivity index (χ4v) is 6.77. The molecule has 9 heteroatoms. The molecule has 0 amide bonds. The predicted molar refractivity (Wildman–Crippen MR) is 125 cm³/mol. The highest BCUT2D eigenvalue weighted by atomic mass is 35.5. The number of thiazole rings is 1. The number of nitrogens with zero attached hydrogens (tertiary/aromatic N) is 2. The van der Waals surface area contributed by atoms with Crippen molar-refractivity contribution >= 4 is 37.9 Å². The maximum atomic E-state index is 13.2. The van der Waals surface area contributed by atoms with Crippen molar-refractivity contribution in [1.82, 2.24) is 4.98 Å². The number of ether oxygens (including phenoxy) is 2. The fourth-order valence-electron chi connectivity index (χ4n) is 3.73. The number of sulfone groups is 1. The highest BCUT2D eigenvalue weighted by Crippen LogP contribution is 2.35. The van der Waals surface area contributed by atoms with Gasteiger partial charge in [-0.1, -0.05) is 23.7 Å². The molecular weight excluding hydrogens is 456 g/mol. The Balaban J connectivity index is 1.48. The third-order valence-electron chi connectivity index (χ3n) is 5.44. The van der Waals surface area contributed by atoms with Crippen molar-refractivity contribution in [3.63, 3.8) is 0 Å². The minimum Gasteiger partial charge on any atom is -0.497 e. The Morgan fingerprint density at radius 2 is 1.87 bits per heavy atom. The summed E-state index contributed by atoms with van der Waals surface area (Å²) in [7, 11) is -0.438. The van der Waals surface area contributed by atoms with Gasteiger partial charge in [0, 0.05) is 29.1 Å². The van der Waals surface area contributed by atoms with E-state index in [4.69, 9.17) is 26.1 Å². The molecule has 164 valence electrons. The lowest BCUT2D eigenvalue weighted by Crippen LogP contribution is -2.39. The number of hydrogen-bond donors (Lipinski definition) is 0. The Bertz CT molecular complexity index is 1170. The van der Waals surface area contributed by atoms with Crippen LogP contribution in [0.5, 0.6) is 11.5 Å². The lowest BCUT2D eigenvalue weighted by molar-refractivity contribution is 0.402. The van der Waals surface area contributed by atoms with Gasteiger partial charge in [-0.05, 0) is 43.2 Å². The number of benzene rings is 2. The van der Waals surface area contributed by atoms with Gasteiger partial charge >= 0.3 is 0 Å². The van der Waals surface area contributed by atoms with E-state index in [1.165, 1.54) is 13.2 Å². The molecule has 4 rings (SSSR count). The number of rotatable bonds is 6. The molecule has 0 spiro atoms. The van der Waals surface area contributed by atoms with Gasteiger partial charge in [0.05, 0.1) is 25.2 Å². The molecule has 1 aromatic heterocycles. The third kappa shape index (κ3) is 4.51. The topological polar surface area (TPSA) is 68.7 Å². The van der Waals surface area contributed by atoms with Crippen LogP contribution in [-0.4, -0.2) is 46.0 Å². The Hall–Kier alpha value is -2.29. The number of aromatic nitrogens is 1. The van der Waals surface area contributed by atoms with Crippen molar-refractivity contribution in [2.45, 2.75) is 23.0 Å². The van der Waals surface area contributed by atoms with E-state index < -0.39 is 15.1 Å². The second kappa shape index (κ2) is 9.06. The first kappa shape index (κ1) is 21.9. The van der Waals surface area contributed by atoms with E-state index in [0.29, 0.717) is 36.7 Å². The van der Waals surface area contributed by atoms with Crippen LogP contribution in [0.25, 0.3) is 11.3 Å². The second-order valence-electron chi connectivity index (χ2n) is 7.27. The molecule has 0 atom stereocenters. The van der Waals surface area contributed by atoms with Gasteiger partial charge in [0.2, 0.25) is 0 Å². The van der Waals surface area contributed by atoms with E-state index in [2.05, 4.69) is 4.90 Å². The molecule has 1 fully saturated rings. The summed E-state index contributed by atoms with van der Waals surface area (Å²) in [4.78, 5) is 7.08. The lowest BCUT2D eigenvalue weighted by atomic mass is 10.1. The molecule has 1 aliphatic rings. The molecule has 0 bridgehead atoms. The second-order valence-corrected chi connectivity index (χ2v) is 10.7. The van der Waals surface area contributed by atoms with Gasteiger partial charge in [-0.3, -0.25) is 0 Å². The minimum absolute atomic E-state index is 0.163. The summed E-state index contributed by atoms with van der Waals surface area (Å²) in [5.41, 5.74) is 1.88. The van der Waals surface area contributed by atoms with Crippen LogP contribution in [0.15, 0.2) is 52.7 Å². The first-order valence-corrected chi connectivity index (χ1v) is 12.6. The van der Waals surface area contributed by atoms with Crippen LogP contribution in [0, 0.1) is 0 Å². The van der Waals surface area contributed by atoms with E-state index in [9.17, 15) is 8.42 Å². The summed E-state index contributed by atoms with van der Waals surface area (Å²) in [6, 6.07) is 12.5. The first-order chi connectivity index (χ1) is 14.9. The maximum absolute atomic E-state index is 13.2. The van der Waals surface area contributed by atoms with E-state index in [0.717, 1.165) is 22.1 Å². The molecule has 1 aliphatic heterocycles. The molecule has 0 aliphatic carbocycles. The zero-order chi connectivity index (χ0) is 22.0. The molecule has 0 saturated carbocycles. The fraction of sp³-hybridized carbons (Fsp3) is 0.318. The summed E-state index contributed by atoms with van der Waals surface area (Å²) < 4.78 is 37.0. The molecule has 0 unspecified atom stereocenters. The SMILES string of the molecule is COc1cccc(-c2csc(N3CCC(S(=O)(=O)c4cc(Cl)ccc4OC)CC3)n2)c1. The normalized spacial score (nSPS) is 15.1. The Labute approximate surface area is 191 Å². The summed E-state index contributed by atoms with van der Waals surface area (Å²) in [6.45, 7) is 1.25. The number of piperidine rings is 1. The van der Waals surface area contributed by atoms with Crippen molar-refractivity contribution in [3.8, 4) is 22.8 Å². The van der Waals surface area contributed by atoms with Crippen LogP contribution in [0.1, 0.15) is 12.8 Å². The standard InChI is InChI=1S/C22H23ClN2O4S2/c1-28-17-5-3-4-15(12-17)19-14-30-22(24-19)25-10-8-18(9-11-25)31(26,27)21-13-16(23)6-7-20(21)29-2/h3-7,12-14,18H,8-11H2,1-2H3. The summed E-state index contributed by atoms with van der Waals surface area (Å²) in [6.07, 6.45) is 1.04. The molecular formula is C22H23ClN2O4S2. The summed E-state index contributed by atoms with van der Waals surface area (Å²) >= 11 is 7.62. The van der Waals surface area contributed by atoms with Crippen LogP contribution in [0.2, 0.25) is 5.02 Å². The largest absolute Gasteiger partial charge is 0.497 e. The molecule has 3 aromatic rings. The quantitative estimate of drug-likeness (QED) is 0.500. The Kier molecular flexibility index (Phi) is 6.41. The van der Waals surface area contributed by atoms with Gasteiger partial charge in [-0.25, -0.2) is 13.4 Å².